The van der Waals surface area contributed by atoms with E-state index in [0.717, 1.165) is 6.54 Å². The minimum absolute atomic E-state index is 0.224. The molecule has 2 unspecified atom stereocenters. The number of likely N-dealkylation sites (tertiary alicyclic amines) is 1. The maximum Gasteiger partial charge on any atom is 0.115 e. The first-order chi connectivity index (χ1) is 8.10. The van der Waals surface area contributed by atoms with Gasteiger partial charge in [-0.1, -0.05) is 25.5 Å². The Labute approximate surface area is 104 Å². The summed E-state index contributed by atoms with van der Waals surface area (Å²) in [6, 6.07) is 8.39. The highest BCUT2D eigenvalue weighted by Crippen LogP contribution is 2.43. The van der Waals surface area contributed by atoms with Gasteiger partial charge >= 0.3 is 0 Å². The van der Waals surface area contributed by atoms with E-state index in [2.05, 4.69) is 31.9 Å². The molecule has 2 rings (SSSR count). The van der Waals surface area contributed by atoms with Crippen molar-refractivity contribution in [3.8, 4) is 5.75 Å². The summed E-state index contributed by atoms with van der Waals surface area (Å²) in [5.74, 6) is 0.389. The monoisotopic (exact) mass is 233 g/mol. The summed E-state index contributed by atoms with van der Waals surface area (Å²) in [6.45, 7) is 5.71. The molecule has 0 radical (unpaired) electrons. The third kappa shape index (κ3) is 2.06. The van der Waals surface area contributed by atoms with Gasteiger partial charge in [0.2, 0.25) is 0 Å². The summed E-state index contributed by atoms with van der Waals surface area (Å²) in [5.41, 5.74) is 1.53. The summed E-state index contributed by atoms with van der Waals surface area (Å²) >= 11 is 0. The third-order valence-electron chi connectivity index (χ3n) is 4.49. The van der Waals surface area contributed by atoms with Gasteiger partial charge in [0.05, 0.1) is 0 Å². The van der Waals surface area contributed by atoms with Crippen LogP contribution in [0.2, 0.25) is 0 Å². The van der Waals surface area contributed by atoms with Crippen molar-refractivity contribution < 1.29 is 5.11 Å². The van der Waals surface area contributed by atoms with Crippen molar-refractivity contribution in [2.75, 3.05) is 13.6 Å². The maximum atomic E-state index is 9.69. The molecule has 0 spiro atoms. The number of likely N-dealkylation sites (N-methyl/N-ethyl adjacent to an activating group) is 1. The van der Waals surface area contributed by atoms with Crippen LogP contribution in [0.15, 0.2) is 24.3 Å². The molecule has 2 atom stereocenters. The molecule has 2 nitrogen and oxygen atoms in total. The molecule has 0 aliphatic carbocycles. The fourth-order valence-corrected chi connectivity index (χ4v) is 3.33. The standard InChI is InChI=1S/C15H23NO/c1-4-8-15(9-10-16(3)12(15)2)13-6-5-7-14(17)11-13/h5-7,11-12,17H,4,8-10H2,1-3H3. The zero-order valence-corrected chi connectivity index (χ0v) is 11.1. The van der Waals surface area contributed by atoms with Crippen molar-refractivity contribution in [1.29, 1.82) is 0 Å². The van der Waals surface area contributed by atoms with Crippen LogP contribution in [0.4, 0.5) is 0 Å². The van der Waals surface area contributed by atoms with E-state index in [-0.39, 0.29) is 5.41 Å². The second-order valence-electron chi connectivity index (χ2n) is 5.36. The van der Waals surface area contributed by atoms with E-state index >= 15 is 0 Å². The molecule has 0 saturated carbocycles. The summed E-state index contributed by atoms with van der Waals surface area (Å²) in [4.78, 5) is 2.43. The summed E-state index contributed by atoms with van der Waals surface area (Å²) < 4.78 is 0. The Morgan fingerprint density at radius 3 is 2.76 bits per heavy atom. The fourth-order valence-electron chi connectivity index (χ4n) is 3.33. The number of hydrogen-bond acceptors (Lipinski definition) is 2. The van der Waals surface area contributed by atoms with Crippen LogP contribution in [-0.4, -0.2) is 29.6 Å². The van der Waals surface area contributed by atoms with Crippen LogP contribution in [0.25, 0.3) is 0 Å². The molecule has 1 heterocycles. The van der Waals surface area contributed by atoms with Crippen molar-refractivity contribution in [2.24, 2.45) is 0 Å². The van der Waals surface area contributed by atoms with Crippen LogP contribution in [0.1, 0.15) is 38.7 Å². The van der Waals surface area contributed by atoms with Crippen LogP contribution in [0, 0.1) is 0 Å². The van der Waals surface area contributed by atoms with Gasteiger partial charge in [-0.2, -0.15) is 0 Å². The first-order valence-corrected chi connectivity index (χ1v) is 6.60. The molecule has 94 valence electrons. The molecule has 1 aromatic rings. The average molecular weight is 233 g/mol. The highest BCUT2D eigenvalue weighted by molar-refractivity contribution is 5.35. The zero-order chi connectivity index (χ0) is 12.5. The Bertz CT molecular complexity index is 386. The Kier molecular flexibility index (Phi) is 3.43. The highest BCUT2D eigenvalue weighted by Gasteiger charge is 2.43. The van der Waals surface area contributed by atoms with Gasteiger partial charge in [-0.15, -0.1) is 0 Å². The van der Waals surface area contributed by atoms with E-state index in [1.165, 1.54) is 24.8 Å². The summed E-state index contributed by atoms with van der Waals surface area (Å²) in [7, 11) is 2.20. The van der Waals surface area contributed by atoms with E-state index in [1.807, 2.05) is 12.1 Å². The molecule has 1 fully saturated rings. The van der Waals surface area contributed by atoms with Crippen molar-refractivity contribution in [3.05, 3.63) is 29.8 Å². The van der Waals surface area contributed by atoms with Gasteiger partial charge < -0.3 is 10.0 Å². The molecule has 1 aliphatic heterocycles. The maximum absolute atomic E-state index is 9.69. The number of hydrogen-bond donors (Lipinski definition) is 1. The number of rotatable bonds is 3. The minimum atomic E-state index is 0.224. The van der Waals surface area contributed by atoms with Crippen molar-refractivity contribution in [2.45, 2.75) is 44.6 Å². The van der Waals surface area contributed by atoms with Gasteiger partial charge in [0.25, 0.3) is 0 Å². The van der Waals surface area contributed by atoms with Crippen molar-refractivity contribution in [3.63, 3.8) is 0 Å². The molecule has 1 aliphatic rings. The van der Waals surface area contributed by atoms with Gasteiger partial charge in [0, 0.05) is 11.5 Å². The van der Waals surface area contributed by atoms with Gasteiger partial charge in [-0.25, -0.2) is 0 Å². The molecular formula is C15H23NO. The fraction of sp³-hybridized carbons (Fsp3) is 0.600. The van der Waals surface area contributed by atoms with E-state index in [4.69, 9.17) is 0 Å². The molecule has 0 aromatic heterocycles. The average Bonchev–Trinajstić information content (AvgIpc) is 2.59. The lowest BCUT2D eigenvalue weighted by atomic mass is 9.71. The number of benzene rings is 1. The van der Waals surface area contributed by atoms with Crippen LogP contribution in [0.5, 0.6) is 5.75 Å². The van der Waals surface area contributed by atoms with Crippen LogP contribution in [0.3, 0.4) is 0 Å². The predicted molar refractivity (Wildman–Crippen MR) is 71.4 cm³/mol. The van der Waals surface area contributed by atoms with E-state index < -0.39 is 0 Å². The zero-order valence-electron chi connectivity index (χ0n) is 11.1. The first kappa shape index (κ1) is 12.4. The molecular weight excluding hydrogens is 210 g/mol. The minimum Gasteiger partial charge on any atom is -0.508 e. The van der Waals surface area contributed by atoms with Gasteiger partial charge in [0.1, 0.15) is 5.75 Å². The normalized spacial score (nSPS) is 29.7. The summed E-state index contributed by atoms with van der Waals surface area (Å²) in [5, 5.41) is 9.69. The Morgan fingerprint density at radius 1 is 1.47 bits per heavy atom. The molecule has 2 heteroatoms. The summed E-state index contributed by atoms with van der Waals surface area (Å²) in [6.07, 6.45) is 3.58. The van der Waals surface area contributed by atoms with Crippen LogP contribution in [-0.2, 0) is 5.41 Å². The quantitative estimate of drug-likeness (QED) is 0.867. The lowest BCUT2D eigenvalue weighted by Crippen LogP contribution is -2.38. The molecule has 1 saturated heterocycles. The highest BCUT2D eigenvalue weighted by atomic mass is 16.3. The topological polar surface area (TPSA) is 23.5 Å². The Morgan fingerprint density at radius 2 is 2.24 bits per heavy atom. The third-order valence-corrected chi connectivity index (χ3v) is 4.49. The van der Waals surface area contributed by atoms with Gasteiger partial charge in [0.15, 0.2) is 0 Å². The number of aromatic hydroxyl groups is 1. The largest absolute Gasteiger partial charge is 0.508 e. The first-order valence-electron chi connectivity index (χ1n) is 6.60. The van der Waals surface area contributed by atoms with Gasteiger partial charge in [-0.3, -0.25) is 0 Å². The lowest BCUT2D eigenvalue weighted by molar-refractivity contribution is 0.249. The lowest BCUT2D eigenvalue weighted by Gasteiger charge is -2.36. The Hall–Kier alpha value is -1.02. The molecule has 1 N–H and O–H groups in total. The van der Waals surface area contributed by atoms with E-state index in [0.29, 0.717) is 11.8 Å². The molecule has 0 bridgehead atoms. The smallest absolute Gasteiger partial charge is 0.115 e. The molecule has 1 aromatic carbocycles. The molecule has 0 amide bonds. The SMILES string of the molecule is CCCC1(c2cccc(O)c2)CCN(C)C1C. The van der Waals surface area contributed by atoms with Gasteiger partial charge in [-0.05, 0) is 51.1 Å². The van der Waals surface area contributed by atoms with E-state index in [9.17, 15) is 5.11 Å². The van der Waals surface area contributed by atoms with E-state index in [1.54, 1.807) is 6.07 Å². The molecule has 17 heavy (non-hydrogen) atoms. The van der Waals surface area contributed by atoms with Crippen molar-refractivity contribution in [1.82, 2.24) is 4.90 Å². The van der Waals surface area contributed by atoms with Crippen molar-refractivity contribution >= 4 is 0 Å². The number of nitrogens with zero attached hydrogens (tertiary/aromatic N) is 1. The number of phenolic OH excluding ortho intramolecular Hbond substituents is 1. The second-order valence-corrected chi connectivity index (χ2v) is 5.36. The Balaban J connectivity index is 2.41. The van der Waals surface area contributed by atoms with Crippen LogP contribution >= 0.6 is 0 Å². The second kappa shape index (κ2) is 4.69. The predicted octanol–water partition coefficient (Wildman–Crippen LogP) is 3.15. The van der Waals surface area contributed by atoms with Crippen LogP contribution < -0.4 is 0 Å². The number of phenols is 1.